The lowest BCUT2D eigenvalue weighted by Gasteiger charge is -2.36. The summed E-state index contributed by atoms with van der Waals surface area (Å²) in [7, 11) is 1.43. The number of primary amides is 1. The molecule has 2 aliphatic rings. The van der Waals surface area contributed by atoms with Gasteiger partial charge in [0.25, 0.3) is 11.8 Å². The number of hydrogen-bond donors (Lipinski definition) is 4. The highest BCUT2D eigenvalue weighted by atomic mass is 32.1. The molecule has 1 heterocycles. The monoisotopic (exact) mass is 501 g/mol. The zero-order valence-corrected chi connectivity index (χ0v) is 20.5. The third kappa shape index (κ3) is 5.04. The van der Waals surface area contributed by atoms with Gasteiger partial charge in [0.05, 0.1) is 12.8 Å². The fourth-order valence-electron chi connectivity index (χ4n) is 5.08. The van der Waals surface area contributed by atoms with Gasteiger partial charge in [0.1, 0.15) is 10.9 Å². The minimum atomic E-state index is -0.987. The van der Waals surface area contributed by atoms with Gasteiger partial charge in [-0.15, -0.1) is 0 Å². The van der Waals surface area contributed by atoms with E-state index in [2.05, 4.69) is 9.69 Å². The second kappa shape index (κ2) is 10.5. The molecule has 188 valence electrons. The maximum atomic E-state index is 14.0. The third-order valence-electron chi connectivity index (χ3n) is 6.86. The standard InChI is InChI=1S/C24H31N5O5S/c1-34-17-12-13(10-11-16(17)30)20(23(32)27-14-6-2-3-7-14)29(15-8-4-5-9-15)24(33)21-18(25)19(22(26)31)28-35-21/h10-12,14-15,20,30H,2-9,25H2,1H3,(H2,26,31)(H,27,32)/t20-/m0/s1. The number of carbonyl (C=O) groups excluding carboxylic acids is 3. The first-order valence-electron chi connectivity index (χ1n) is 11.9. The molecule has 0 spiro atoms. The van der Waals surface area contributed by atoms with Crippen LogP contribution in [0.1, 0.15) is 83.1 Å². The van der Waals surface area contributed by atoms with Crippen molar-refractivity contribution in [2.75, 3.05) is 12.8 Å². The minimum absolute atomic E-state index is 0.0412. The Hall–Kier alpha value is -3.34. The molecule has 4 rings (SSSR count). The van der Waals surface area contributed by atoms with Crippen LogP contribution < -0.4 is 21.5 Å². The zero-order valence-electron chi connectivity index (χ0n) is 19.7. The van der Waals surface area contributed by atoms with E-state index in [1.54, 1.807) is 17.0 Å². The van der Waals surface area contributed by atoms with Gasteiger partial charge in [-0.25, -0.2) is 0 Å². The van der Waals surface area contributed by atoms with Crippen LogP contribution in [0.5, 0.6) is 11.5 Å². The summed E-state index contributed by atoms with van der Waals surface area (Å²) in [5.41, 5.74) is 11.7. The molecule has 3 amide bonds. The average molecular weight is 502 g/mol. The van der Waals surface area contributed by atoms with Gasteiger partial charge in [-0.2, -0.15) is 4.37 Å². The molecule has 2 fully saturated rings. The van der Waals surface area contributed by atoms with E-state index in [0.29, 0.717) is 5.56 Å². The Balaban J connectivity index is 1.80. The maximum Gasteiger partial charge on any atom is 0.270 e. The molecule has 0 saturated heterocycles. The lowest BCUT2D eigenvalue weighted by molar-refractivity contribution is -0.127. The SMILES string of the molecule is COc1cc([C@@H](C(=O)NC2CCCC2)N(C(=O)c2snc(C(N)=O)c2N)C2CCCC2)ccc1O. The van der Waals surface area contributed by atoms with Crippen molar-refractivity contribution in [3.05, 3.63) is 34.3 Å². The molecule has 1 atom stereocenters. The number of nitrogens with one attached hydrogen (secondary N) is 1. The number of ether oxygens (including phenoxy) is 1. The Kier molecular flexibility index (Phi) is 7.44. The second-order valence-electron chi connectivity index (χ2n) is 9.11. The highest BCUT2D eigenvalue weighted by Gasteiger charge is 2.40. The lowest BCUT2D eigenvalue weighted by atomic mass is 9.99. The van der Waals surface area contributed by atoms with Crippen molar-refractivity contribution in [3.63, 3.8) is 0 Å². The number of methoxy groups -OCH3 is 1. The predicted octanol–water partition coefficient (Wildman–Crippen LogP) is 2.72. The van der Waals surface area contributed by atoms with Crippen LogP contribution in [0.3, 0.4) is 0 Å². The van der Waals surface area contributed by atoms with Crippen LogP contribution in [0.25, 0.3) is 0 Å². The Morgan fingerprint density at radius 2 is 1.83 bits per heavy atom. The lowest BCUT2D eigenvalue weighted by Crippen LogP contribution is -2.49. The smallest absolute Gasteiger partial charge is 0.270 e. The van der Waals surface area contributed by atoms with Crippen molar-refractivity contribution >= 4 is 34.9 Å². The largest absolute Gasteiger partial charge is 0.504 e. The number of nitrogens with two attached hydrogens (primary N) is 2. The topological polar surface area (TPSA) is 161 Å². The van der Waals surface area contributed by atoms with Crippen molar-refractivity contribution in [1.29, 1.82) is 0 Å². The Morgan fingerprint density at radius 3 is 2.43 bits per heavy atom. The molecule has 0 unspecified atom stereocenters. The fraction of sp³-hybridized carbons (Fsp3) is 0.500. The summed E-state index contributed by atoms with van der Waals surface area (Å²) in [5.74, 6) is -1.46. The van der Waals surface area contributed by atoms with Gasteiger partial charge in [0.15, 0.2) is 17.2 Å². The normalized spacial score (nSPS) is 17.3. The van der Waals surface area contributed by atoms with Gasteiger partial charge in [-0.3, -0.25) is 14.4 Å². The molecule has 10 nitrogen and oxygen atoms in total. The molecule has 0 aliphatic heterocycles. The molecule has 1 aromatic heterocycles. The molecule has 2 aliphatic carbocycles. The van der Waals surface area contributed by atoms with Crippen LogP contribution in [0, 0.1) is 0 Å². The van der Waals surface area contributed by atoms with E-state index in [1.807, 2.05) is 0 Å². The van der Waals surface area contributed by atoms with Crippen molar-refractivity contribution in [3.8, 4) is 11.5 Å². The van der Waals surface area contributed by atoms with Gasteiger partial charge in [0, 0.05) is 12.1 Å². The molecule has 2 saturated carbocycles. The third-order valence-corrected chi connectivity index (χ3v) is 7.71. The Bertz CT molecular complexity index is 1110. The summed E-state index contributed by atoms with van der Waals surface area (Å²) in [5, 5.41) is 13.3. The molecule has 0 radical (unpaired) electrons. The summed E-state index contributed by atoms with van der Waals surface area (Å²) in [6, 6.07) is 3.50. The minimum Gasteiger partial charge on any atom is -0.504 e. The number of carbonyl (C=O) groups is 3. The summed E-state index contributed by atoms with van der Waals surface area (Å²) >= 11 is 0.804. The Labute approximate surface area is 207 Å². The van der Waals surface area contributed by atoms with Gasteiger partial charge < -0.3 is 31.5 Å². The quantitative estimate of drug-likeness (QED) is 0.432. The molecule has 1 aromatic carbocycles. The maximum absolute atomic E-state index is 14.0. The number of aromatic hydroxyl groups is 1. The molecular formula is C24H31N5O5S. The summed E-state index contributed by atoms with van der Waals surface area (Å²) in [4.78, 5) is 41.1. The fourth-order valence-corrected chi connectivity index (χ4v) is 5.83. The Morgan fingerprint density at radius 1 is 1.17 bits per heavy atom. The number of hydrogen-bond acceptors (Lipinski definition) is 8. The molecular weight excluding hydrogens is 470 g/mol. The van der Waals surface area contributed by atoms with E-state index in [4.69, 9.17) is 16.2 Å². The molecule has 6 N–H and O–H groups in total. The number of phenolic OH excluding ortho intramolecular Hbond substituents is 1. The van der Waals surface area contributed by atoms with E-state index in [1.165, 1.54) is 13.2 Å². The van der Waals surface area contributed by atoms with Gasteiger partial charge in [-0.1, -0.05) is 31.7 Å². The highest BCUT2D eigenvalue weighted by Crippen LogP contribution is 2.38. The predicted molar refractivity (Wildman–Crippen MR) is 131 cm³/mol. The second-order valence-corrected chi connectivity index (χ2v) is 9.89. The first-order chi connectivity index (χ1) is 16.8. The molecule has 35 heavy (non-hydrogen) atoms. The number of nitrogen functional groups attached to an aromatic ring is 1. The van der Waals surface area contributed by atoms with Crippen molar-refractivity contribution < 1.29 is 24.2 Å². The van der Waals surface area contributed by atoms with Crippen LogP contribution in [0.2, 0.25) is 0 Å². The zero-order chi connectivity index (χ0) is 25.1. The van der Waals surface area contributed by atoms with Gasteiger partial charge in [-0.05, 0) is 54.9 Å². The van der Waals surface area contributed by atoms with Crippen molar-refractivity contribution in [2.24, 2.45) is 5.73 Å². The summed E-state index contributed by atoms with van der Waals surface area (Å²) < 4.78 is 9.27. The van der Waals surface area contributed by atoms with E-state index >= 15 is 0 Å². The molecule has 2 aromatic rings. The number of rotatable bonds is 8. The van der Waals surface area contributed by atoms with Gasteiger partial charge in [0.2, 0.25) is 5.91 Å². The van der Waals surface area contributed by atoms with Crippen molar-refractivity contribution in [1.82, 2.24) is 14.6 Å². The van der Waals surface area contributed by atoms with Crippen LogP contribution in [0.4, 0.5) is 5.69 Å². The first kappa shape index (κ1) is 24.8. The number of anilines is 1. The number of amides is 3. The number of benzene rings is 1. The molecule has 11 heteroatoms. The van der Waals surface area contributed by atoms with Crippen LogP contribution >= 0.6 is 11.5 Å². The van der Waals surface area contributed by atoms with E-state index in [-0.39, 0.29) is 45.7 Å². The van der Waals surface area contributed by atoms with Crippen LogP contribution in [0.15, 0.2) is 18.2 Å². The summed E-state index contributed by atoms with van der Waals surface area (Å²) in [6.45, 7) is 0. The van der Waals surface area contributed by atoms with Gasteiger partial charge >= 0.3 is 0 Å². The molecule has 0 bridgehead atoms. The number of nitrogens with zero attached hydrogens (tertiary/aromatic N) is 2. The number of phenols is 1. The van der Waals surface area contributed by atoms with E-state index < -0.39 is 17.9 Å². The van der Waals surface area contributed by atoms with Crippen LogP contribution in [-0.2, 0) is 4.79 Å². The summed E-state index contributed by atoms with van der Waals surface area (Å²) in [6.07, 6.45) is 7.18. The highest BCUT2D eigenvalue weighted by molar-refractivity contribution is 7.09. The average Bonchev–Trinajstić information content (AvgIpc) is 3.60. The van der Waals surface area contributed by atoms with Crippen molar-refractivity contribution in [2.45, 2.75) is 69.5 Å². The van der Waals surface area contributed by atoms with E-state index in [0.717, 1.165) is 62.9 Å². The first-order valence-corrected chi connectivity index (χ1v) is 12.6. The number of aromatic nitrogens is 1. The van der Waals surface area contributed by atoms with E-state index in [9.17, 15) is 19.5 Å². The van der Waals surface area contributed by atoms with Crippen LogP contribution in [-0.4, -0.2) is 51.3 Å².